The molecule has 5 heteroatoms. The van der Waals surface area contributed by atoms with Crippen molar-refractivity contribution < 1.29 is 4.39 Å². The number of halogens is 1. The maximum atomic E-state index is 14.1. The monoisotopic (exact) mass is 348 g/mol. The highest BCUT2D eigenvalue weighted by Crippen LogP contribution is 2.29. The number of rotatable bonds is 2. The average Bonchev–Trinajstić information content (AvgIpc) is 3.11. The number of nitrogens with one attached hydrogen (secondary N) is 1. The van der Waals surface area contributed by atoms with Gasteiger partial charge in [-0.15, -0.1) is 0 Å². The first-order valence-electron chi connectivity index (χ1n) is 9.26. The molecular formula is C21H21FN4. The summed E-state index contributed by atoms with van der Waals surface area (Å²) in [6.07, 6.45) is 8.18. The van der Waals surface area contributed by atoms with E-state index in [9.17, 15) is 4.39 Å². The number of imidazole rings is 1. The van der Waals surface area contributed by atoms with E-state index < -0.39 is 0 Å². The van der Waals surface area contributed by atoms with Gasteiger partial charge in [0.15, 0.2) is 0 Å². The zero-order valence-electron chi connectivity index (χ0n) is 14.6. The molecule has 26 heavy (non-hydrogen) atoms. The molecule has 0 radical (unpaired) electrons. The summed E-state index contributed by atoms with van der Waals surface area (Å²) in [5.41, 5.74) is 5.58. The summed E-state index contributed by atoms with van der Waals surface area (Å²) in [6, 6.07) is 9.51. The minimum Gasteiger partial charge on any atom is -0.340 e. The van der Waals surface area contributed by atoms with Crippen LogP contribution >= 0.6 is 0 Å². The van der Waals surface area contributed by atoms with Crippen molar-refractivity contribution in [3.8, 4) is 11.4 Å². The van der Waals surface area contributed by atoms with Crippen molar-refractivity contribution in [2.75, 3.05) is 6.54 Å². The van der Waals surface area contributed by atoms with E-state index in [2.05, 4.69) is 25.9 Å². The molecule has 2 aliphatic rings. The molecule has 4 nitrogen and oxygen atoms in total. The third-order valence-corrected chi connectivity index (χ3v) is 5.71. The van der Waals surface area contributed by atoms with E-state index >= 15 is 0 Å². The van der Waals surface area contributed by atoms with Crippen LogP contribution in [0.15, 0.2) is 42.7 Å². The summed E-state index contributed by atoms with van der Waals surface area (Å²) in [6.45, 7) is 1.87. The van der Waals surface area contributed by atoms with Crippen molar-refractivity contribution in [3.05, 3.63) is 71.1 Å². The van der Waals surface area contributed by atoms with E-state index in [4.69, 9.17) is 0 Å². The molecule has 1 unspecified atom stereocenters. The van der Waals surface area contributed by atoms with E-state index in [-0.39, 0.29) is 5.82 Å². The number of fused-ring (bicyclic) bond motifs is 2. The molecule has 132 valence electrons. The molecule has 0 amide bonds. The Morgan fingerprint density at radius 1 is 1.12 bits per heavy atom. The third-order valence-electron chi connectivity index (χ3n) is 5.71. The fraction of sp³-hybridized carbons (Fsp3) is 0.333. The summed E-state index contributed by atoms with van der Waals surface area (Å²) >= 11 is 0. The fourth-order valence-corrected chi connectivity index (χ4v) is 4.28. The maximum Gasteiger partial charge on any atom is 0.140 e. The topological polar surface area (TPSA) is 44.8 Å². The summed E-state index contributed by atoms with van der Waals surface area (Å²) in [4.78, 5) is 14.9. The van der Waals surface area contributed by atoms with Gasteiger partial charge in [0.25, 0.3) is 0 Å². The van der Waals surface area contributed by atoms with Gasteiger partial charge in [0, 0.05) is 37.9 Å². The fourth-order valence-electron chi connectivity index (χ4n) is 4.28. The highest BCUT2D eigenvalue weighted by atomic mass is 19.1. The molecule has 0 saturated carbocycles. The second-order valence-electron chi connectivity index (χ2n) is 7.25. The first kappa shape index (κ1) is 15.7. The maximum absolute atomic E-state index is 14.1. The van der Waals surface area contributed by atoms with Crippen molar-refractivity contribution in [3.63, 3.8) is 0 Å². The van der Waals surface area contributed by atoms with Crippen molar-refractivity contribution in [2.45, 2.75) is 38.3 Å². The number of hydrogen-bond acceptors (Lipinski definition) is 3. The van der Waals surface area contributed by atoms with Crippen LogP contribution in [-0.4, -0.2) is 32.4 Å². The summed E-state index contributed by atoms with van der Waals surface area (Å²) < 4.78 is 14.1. The number of hydrogen-bond donors (Lipinski definition) is 1. The number of benzene rings is 1. The van der Waals surface area contributed by atoms with Crippen molar-refractivity contribution >= 4 is 0 Å². The van der Waals surface area contributed by atoms with Crippen molar-refractivity contribution in [1.29, 1.82) is 0 Å². The van der Waals surface area contributed by atoms with E-state index in [1.54, 1.807) is 12.1 Å². The smallest absolute Gasteiger partial charge is 0.140 e. The van der Waals surface area contributed by atoms with Crippen LogP contribution in [-0.2, 0) is 25.8 Å². The second kappa shape index (κ2) is 6.32. The molecule has 3 heterocycles. The Morgan fingerprint density at radius 2 is 2.04 bits per heavy atom. The number of nitrogens with zero attached hydrogens (tertiary/aromatic N) is 3. The van der Waals surface area contributed by atoms with Gasteiger partial charge in [-0.05, 0) is 48.6 Å². The molecule has 1 aromatic carbocycles. The lowest BCUT2D eigenvalue weighted by Crippen LogP contribution is -2.42. The van der Waals surface area contributed by atoms with Crippen LogP contribution in [0.2, 0.25) is 0 Å². The molecule has 1 aliphatic heterocycles. The van der Waals surface area contributed by atoms with Gasteiger partial charge in [0.2, 0.25) is 0 Å². The largest absolute Gasteiger partial charge is 0.340 e. The van der Waals surface area contributed by atoms with E-state index in [0.717, 1.165) is 43.7 Å². The quantitative estimate of drug-likeness (QED) is 0.771. The van der Waals surface area contributed by atoms with Gasteiger partial charge in [0.05, 0.1) is 17.0 Å². The van der Waals surface area contributed by atoms with Crippen LogP contribution in [0.1, 0.15) is 28.9 Å². The predicted octanol–water partition coefficient (Wildman–Crippen LogP) is 3.53. The Hall–Kier alpha value is -2.53. The molecule has 1 aliphatic carbocycles. The summed E-state index contributed by atoms with van der Waals surface area (Å²) in [5, 5.41) is 0. The van der Waals surface area contributed by atoms with Crippen LogP contribution in [0.4, 0.5) is 4.39 Å². The molecule has 3 aromatic rings. The average molecular weight is 348 g/mol. The van der Waals surface area contributed by atoms with Gasteiger partial charge >= 0.3 is 0 Å². The molecule has 1 atom stereocenters. The minimum atomic E-state index is -0.230. The minimum absolute atomic E-state index is 0.230. The molecule has 1 N–H and O–H groups in total. The predicted molar refractivity (Wildman–Crippen MR) is 98.1 cm³/mol. The highest BCUT2D eigenvalue weighted by molar-refractivity contribution is 5.57. The van der Waals surface area contributed by atoms with Gasteiger partial charge in [-0.25, -0.2) is 9.37 Å². The molecule has 0 bridgehead atoms. The van der Waals surface area contributed by atoms with E-state index in [1.807, 2.05) is 18.5 Å². The molecule has 5 rings (SSSR count). The molecular weight excluding hydrogens is 327 g/mol. The van der Waals surface area contributed by atoms with Crippen molar-refractivity contribution in [1.82, 2.24) is 19.9 Å². The normalized spacial score (nSPS) is 19.8. The third kappa shape index (κ3) is 2.72. The Kier molecular flexibility index (Phi) is 3.82. The van der Waals surface area contributed by atoms with Crippen LogP contribution in [0.25, 0.3) is 11.4 Å². The van der Waals surface area contributed by atoms with Gasteiger partial charge in [-0.2, -0.15) is 0 Å². The Morgan fingerprint density at radius 3 is 2.96 bits per heavy atom. The van der Waals surface area contributed by atoms with Crippen LogP contribution in [0.5, 0.6) is 0 Å². The lowest BCUT2D eigenvalue weighted by molar-refractivity contribution is 0.160. The zero-order chi connectivity index (χ0) is 17.5. The summed E-state index contributed by atoms with van der Waals surface area (Å²) in [7, 11) is 0. The number of aromatic nitrogens is 3. The SMILES string of the molecule is Fc1ccccc1-c1nc2c([nH]1)CN(C1CCc3ccncc3C1)CC2. The second-order valence-corrected chi connectivity index (χ2v) is 7.25. The van der Waals surface area contributed by atoms with Gasteiger partial charge in [0.1, 0.15) is 11.6 Å². The lowest BCUT2D eigenvalue weighted by Gasteiger charge is -2.36. The number of pyridine rings is 1. The number of aryl methyl sites for hydroxylation is 1. The Labute approximate surface area is 152 Å². The summed E-state index contributed by atoms with van der Waals surface area (Å²) in [5.74, 6) is 0.417. The van der Waals surface area contributed by atoms with Gasteiger partial charge in [-0.3, -0.25) is 9.88 Å². The number of H-pyrrole nitrogens is 1. The van der Waals surface area contributed by atoms with Crippen LogP contribution in [0.3, 0.4) is 0 Å². The zero-order valence-corrected chi connectivity index (χ0v) is 14.6. The van der Waals surface area contributed by atoms with E-state index in [1.165, 1.54) is 23.6 Å². The Bertz CT molecular complexity index is 949. The Balaban J connectivity index is 1.37. The van der Waals surface area contributed by atoms with Gasteiger partial charge in [-0.1, -0.05) is 12.1 Å². The molecule has 2 aromatic heterocycles. The lowest BCUT2D eigenvalue weighted by atomic mass is 9.88. The number of aromatic amines is 1. The molecule has 0 fully saturated rings. The first-order valence-corrected chi connectivity index (χ1v) is 9.26. The van der Waals surface area contributed by atoms with Crippen LogP contribution in [0, 0.1) is 5.82 Å². The standard InChI is InChI=1S/C21H21FN4/c22-18-4-2-1-3-17(18)21-24-19-8-10-26(13-20(19)25-21)16-6-5-14-7-9-23-12-15(14)11-16/h1-4,7,9,12,16H,5-6,8,10-11,13H2,(H,24,25). The highest BCUT2D eigenvalue weighted by Gasteiger charge is 2.29. The van der Waals surface area contributed by atoms with Gasteiger partial charge < -0.3 is 4.98 Å². The molecule has 0 saturated heterocycles. The van der Waals surface area contributed by atoms with Crippen LogP contribution < -0.4 is 0 Å². The molecule has 0 spiro atoms. The first-order chi connectivity index (χ1) is 12.8. The van der Waals surface area contributed by atoms with E-state index in [0.29, 0.717) is 17.4 Å². The van der Waals surface area contributed by atoms with Crippen molar-refractivity contribution in [2.24, 2.45) is 0 Å².